The van der Waals surface area contributed by atoms with E-state index in [1.54, 1.807) is 36.4 Å². The minimum absolute atomic E-state index is 0.0481. The molecule has 0 unspecified atom stereocenters. The summed E-state index contributed by atoms with van der Waals surface area (Å²) in [4.78, 5) is 39.0. The van der Waals surface area contributed by atoms with Gasteiger partial charge in [0.2, 0.25) is 5.91 Å². The minimum Gasteiger partial charge on any atom is -0.359 e. The fourth-order valence-corrected chi connectivity index (χ4v) is 4.36. The molecule has 0 atom stereocenters. The Hall–Kier alpha value is -3.64. The Morgan fingerprint density at radius 3 is 2.48 bits per heavy atom. The summed E-state index contributed by atoms with van der Waals surface area (Å²) in [5.74, 6) is -0.445. The SMILES string of the molecule is O=C1CN(c2ccc(NC(=O)c3ccc4c(c3)C(=O)c3ccccc3-4)cc2Cl)CCN1. The van der Waals surface area contributed by atoms with Crippen LogP contribution < -0.4 is 15.5 Å². The van der Waals surface area contributed by atoms with Gasteiger partial charge >= 0.3 is 0 Å². The van der Waals surface area contributed by atoms with Crippen molar-refractivity contribution < 1.29 is 14.4 Å². The summed E-state index contributed by atoms with van der Waals surface area (Å²) in [5.41, 5.74) is 4.60. The molecule has 0 radical (unpaired) electrons. The van der Waals surface area contributed by atoms with E-state index in [2.05, 4.69) is 10.6 Å². The zero-order valence-electron chi connectivity index (χ0n) is 16.4. The van der Waals surface area contributed by atoms with Crippen LogP contribution in [0.1, 0.15) is 26.3 Å². The Morgan fingerprint density at radius 1 is 0.935 bits per heavy atom. The Kier molecular flexibility index (Phi) is 4.71. The van der Waals surface area contributed by atoms with Gasteiger partial charge in [0.1, 0.15) is 0 Å². The average Bonchev–Trinajstić information content (AvgIpc) is 3.06. The lowest BCUT2D eigenvalue weighted by atomic mass is 10.0. The zero-order valence-corrected chi connectivity index (χ0v) is 17.2. The van der Waals surface area contributed by atoms with E-state index in [-0.39, 0.29) is 24.1 Å². The second kappa shape index (κ2) is 7.56. The van der Waals surface area contributed by atoms with Crippen LogP contribution in [-0.4, -0.2) is 37.2 Å². The van der Waals surface area contributed by atoms with Crippen molar-refractivity contribution in [1.29, 1.82) is 0 Å². The highest BCUT2D eigenvalue weighted by atomic mass is 35.5. The molecule has 154 valence electrons. The number of nitrogens with zero attached hydrogens (tertiary/aromatic N) is 1. The van der Waals surface area contributed by atoms with E-state index in [1.165, 1.54) is 0 Å². The number of hydrogen-bond donors (Lipinski definition) is 2. The van der Waals surface area contributed by atoms with Crippen molar-refractivity contribution in [3.8, 4) is 11.1 Å². The molecule has 6 nitrogen and oxygen atoms in total. The third-order valence-corrected chi connectivity index (χ3v) is 5.88. The van der Waals surface area contributed by atoms with Crippen LogP contribution in [0.25, 0.3) is 11.1 Å². The summed E-state index contributed by atoms with van der Waals surface area (Å²) in [6.45, 7) is 1.48. The van der Waals surface area contributed by atoms with Gasteiger partial charge in [-0.05, 0) is 41.5 Å². The topological polar surface area (TPSA) is 78.5 Å². The molecular weight excluding hydrogens is 414 g/mol. The molecule has 3 aromatic rings. The van der Waals surface area contributed by atoms with Crippen molar-refractivity contribution in [2.24, 2.45) is 0 Å². The lowest BCUT2D eigenvalue weighted by Crippen LogP contribution is -2.47. The van der Waals surface area contributed by atoms with Gasteiger partial charge in [0.25, 0.3) is 5.91 Å². The highest BCUT2D eigenvalue weighted by Crippen LogP contribution is 2.37. The summed E-state index contributed by atoms with van der Waals surface area (Å²) in [6.07, 6.45) is 0. The fourth-order valence-electron chi connectivity index (χ4n) is 4.06. The summed E-state index contributed by atoms with van der Waals surface area (Å²) in [5, 5.41) is 6.06. The van der Waals surface area contributed by atoms with Crippen molar-refractivity contribution >= 4 is 40.6 Å². The Bertz CT molecular complexity index is 1250. The summed E-state index contributed by atoms with van der Waals surface area (Å²) < 4.78 is 0. The summed E-state index contributed by atoms with van der Waals surface area (Å²) in [6, 6.07) is 17.8. The lowest BCUT2D eigenvalue weighted by molar-refractivity contribution is -0.120. The molecule has 1 aliphatic carbocycles. The second-order valence-electron chi connectivity index (χ2n) is 7.53. The Morgan fingerprint density at radius 2 is 1.71 bits per heavy atom. The third-order valence-electron chi connectivity index (χ3n) is 5.57. The number of ketones is 1. The summed E-state index contributed by atoms with van der Waals surface area (Å²) in [7, 11) is 0. The van der Waals surface area contributed by atoms with Crippen LogP contribution in [0.3, 0.4) is 0 Å². The number of carbonyl (C=O) groups excluding carboxylic acids is 3. The molecule has 3 aromatic carbocycles. The Labute approximate surface area is 183 Å². The quantitative estimate of drug-likeness (QED) is 0.518. The smallest absolute Gasteiger partial charge is 0.255 e. The van der Waals surface area contributed by atoms with Gasteiger partial charge in [-0.1, -0.05) is 41.9 Å². The molecule has 0 bridgehead atoms. The van der Waals surface area contributed by atoms with E-state index >= 15 is 0 Å². The van der Waals surface area contributed by atoms with Gasteiger partial charge < -0.3 is 15.5 Å². The van der Waals surface area contributed by atoms with Gasteiger partial charge in [0.15, 0.2) is 5.78 Å². The van der Waals surface area contributed by atoms with Crippen molar-refractivity contribution in [3.63, 3.8) is 0 Å². The van der Waals surface area contributed by atoms with E-state index < -0.39 is 0 Å². The van der Waals surface area contributed by atoms with Gasteiger partial charge in [-0.3, -0.25) is 14.4 Å². The molecule has 5 rings (SSSR count). The maximum Gasteiger partial charge on any atom is 0.255 e. The standard InChI is InChI=1S/C24H18ClN3O3/c25-20-12-15(6-8-21(20)28-10-9-26-22(29)13-28)27-24(31)14-5-7-17-16-3-1-2-4-18(16)23(30)19(17)11-14/h1-8,11-12H,9-10,13H2,(H,26,29)(H,27,31). The van der Waals surface area contributed by atoms with Crippen LogP contribution in [0.2, 0.25) is 5.02 Å². The van der Waals surface area contributed by atoms with Crippen LogP contribution in [0.5, 0.6) is 0 Å². The van der Waals surface area contributed by atoms with Gasteiger partial charge in [0, 0.05) is 35.5 Å². The molecule has 7 heteroatoms. The van der Waals surface area contributed by atoms with E-state index in [0.717, 1.165) is 16.8 Å². The first-order chi connectivity index (χ1) is 15.0. The zero-order chi connectivity index (χ0) is 21.5. The number of halogens is 1. The third kappa shape index (κ3) is 3.45. The number of benzene rings is 3. The maximum atomic E-state index is 12.8. The van der Waals surface area contributed by atoms with Crippen molar-refractivity contribution in [3.05, 3.63) is 82.4 Å². The molecule has 2 amide bonds. The van der Waals surface area contributed by atoms with Crippen LogP contribution >= 0.6 is 11.6 Å². The van der Waals surface area contributed by atoms with Crippen LogP contribution in [0.4, 0.5) is 11.4 Å². The van der Waals surface area contributed by atoms with Gasteiger partial charge in [0.05, 0.1) is 17.3 Å². The largest absolute Gasteiger partial charge is 0.359 e. The number of fused-ring (bicyclic) bond motifs is 3. The molecule has 1 saturated heterocycles. The molecule has 2 N–H and O–H groups in total. The number of rotatable bonds is 3. The number of piperazine rings is 1. The first-order valence-corrected chi connectivity index (χ1v) is 10.3. The lowest BCUT2D eigenvalue weighted by Gasteiger charge is -2.29. The second-order valence-corrected chi connectivity index (χ2v) is 7.93. The highest BCUT2D eigenvalue weighted by Gasteiger charge is 2.27. The van der Waals surface area contributed by atoms with E-state index in [0.29, 0.717) is 40.5 Å². The van der Waals surface area contributed by atoms with Crippen LogP contribution in [-0.2, 0) is 4.79 Å². The van der Waals surface area contributed by atoms with Crippen molar-refractivity contribution in [1.82, 2.24) is 5.32 Å². The molecule has 0 saturated carbocycles. The molecule has 31 heavy (non-hydrogen) atoms. The first kappa shape index (κ1) is 19.3. The van der Waals surface area contributed by atoms with Crippen molar-refractivity contribution in [2.45, 2.75) is 0 Å². The van der Waals surface area contributed by atoms with Gasteiger partial charge in [-0.25, -0.2) is 0 Å². The normalized spacial score (nSPS) is 14.7. The summed E-state index contributed by atoms with van der Waals surface area (Å²) >= 11 is 6.42. The molecule has 1 fully saturated rings. The number of hydrogen-bond acceptors (Lipinski definition) is 4. The maximum absolute atomic E-state index is 12.8. The number of nitrogens with one attached hydrogen (secondary N) is 2. The molecule has 1 aliphatic heterocycles. The fraction of sp³-hybridized carbons (Fsp3) is 0.125. The molecule has 0 aromatic heterocycles. The van der Waals surface area contributed by atoms with Crippen molar-refractivity contribution in [2.75, 3.05) is 29.9 Å². The van der Waals surface area contributed by atoms with Gasteiger partial charge in [-0.15, -0.1) is 0 Å². The molecule has 0 spiro atoms. The molecule has 1 heterocycles. The number of anilines is 2. The van der Waals surface area contributed by atoms with E-state index in [1.807, 2.05) is 29.2 Å². The molecular formula is C24H18ClN3O3. The van der Waals surface area contributed by atoms with E-state index in [9.17, 15) is 14.4 Å². The molecule has 2 aliphatic rings. The first-order valence-electron chi connectivity index (χ1n) is 9.92. The van der Waals surface area contributed by atoms with Gasteiger partial charge in [-0.2, -0.15) is 0 Å². The number of carbonyl (C=O) groups is 3. The monoisotopic (exact) mass is 431 g/mol. The predicted molar refractivity (Wildman–Crippen MR) is 120 cm³/mol. The highest BCUT2D eigenvalue weighted by molar-refractivity contribution is 6.33. The Balaban J connectivity index is 1.36. The van der Waals surface area contributed by atoms with E-state index in [4.69, 9.17) is 11.6 Å². The minimum atomic E-state index is -0.326. The number of amides is 2. The van der Waals surface area contributed by atoms with Crippen LogP contribution in [0, 0.1) is 0 Å². The predicted octanol–water partition coefficient (Wildman–Crippen LogP) is 3.74. The van der Waals surface area contributed by atoms with Crippen LogP contribution in [0.15, 0.2) is 60.7 Å². The average molecular weight is 432 g/mol.